The third kappa shape index (κ3) is 6.93. The van der Waals surface area contributed by atoms with Crippen molar-refractivity contribution >= 4 is 46.7 Å². The van der Waals surface area contributed by atoms with Gasteiger partial charge in [-0.15, -0.1) is 0 Å². The van der Waals surface area contributed by atoms with Gasteiger partial charge in [-0.1, -0.05) is 23.7 Å². The van der Waals surface area contributed by atoms with E-state index in [0.29, 0.717) is 55.1 Å². The van der Waals surface area contributed by atoms with Gasteiger partial charge in [-0.05, 0) is 75.1 Å². The number of hydrogen-bond donors (Lipinski definition) is 2. The Bertz CT molecular complexity index is 1400. The average molecular weight is 565 g/mol. The number of carbonyl (C=O) groups excluding carboxylic acids is 2. The summed E-state index contributed by atoms with van der Waals surface area (Å²) >= 11 is 6.37. The highest BCUT2D eigenvalue weighted by molar-refractivity contribution is 6.32. The molecule has 2 amide bonds. The Balaban J connectivity index is 1.27. The minimum absolute atomic E-state index is 0.0906. The molecule has 2 aliphatic rings. The molecule has 1 saturated heterocycles. The van der Waals surface area contributed by atoms with Crippen molar-refractivity contribution in [1.82, 2.24) is 19.8 Å². The predicted molar refractivity (Wildman–Crippen MR) is 154 cm³/mol. The van der Waals surface area contributed by atoms with E-state index in [4.69, 9.17) is 21.1 Å². The smallest absolute Gasteiger partial charge is 0.410 e. The fraction of sp³-hybridized carbons (Fsp3) is 0.379. The van der Waals surface area contributed by atoms with Crippen molar-refractivity contribution < 1.29 is 19.1 Å². The van der Waals surface area contributed by atoms with Crippen LogP contribution >= 0.6 is 11.6 Å². The van der Waals surface area contributed by atoms with Gasteiger partial charge in [-0.2, -0.15) is 4.98 Å². The lowest BCUT2D eigenvalue weighted by atomic mass is 10.0. The maximum atomic E-state index is 13.0. The molecule has 2 aliphatic heterocycles. The summed E-state index contributed by atoms with van der Waals surface area (Å²) in [5, 5.41) is 6.90. The number of halogens is 1. The van der Waals surface area contributed by atoms with E-state index in [1.165, 1.54) is 0 Å². The molecule has 40 heavy (non-hydrogen) atoms. The molecule has 0 radical (unpaired) electrons. The number of rotatable bonds is 3. The summed E-state index contributed by atoms with van der Waals surface area (Å²) in [5.74, 6) is 1.44. The van der Waals surface area contributed by atoms with Gasteiger partial charge in [-0.3, -0.25) is 4.79 Å². The van der Waals surface area contributed by atoms with E-state index in [9.17, 15) is 9.59 Å². The molecule has 210 valence electrons. The molecule has 0 unspecified atom stereocenters. The molecule has 3 heterocycles. The van der Waals surface area contributed by atoms with Gasteiger partial charge in [0.05, 0.1) is 6.20 Å². The van der Waals surface area contributed by atoms with Gasteiger partial charge >= 0.3 is 6.09 Å². The maximum absolute atomic E-state index is 13.0. The van der Waals surface area contributed by atoms with E-state index in [1.807, 2.05) is 51.1 Å². The van der Waals surface area contributed by atoms with E-state index in [0.717, 1.165) is 28.9 Å². The Morgan fingerprint density at radius 2 is 1.73 bits per heavy atom. The van der Waals surface area contributed by atoms with Gasteiger partial charge in [0, 0.05) is 37.6 Å². The largest absolute Gasteiger partial charge is 0.483 e. The van der Waals surface area contributed by atoms with Crippen LogP contribution in [0.1, 0.15) is 31.9 Å². The van der Waals surface area contributed by atoms with Crippen molar-refractivity contribution in [3.05, 3.63) is 64.8 Å². The normalized spacial score (nSPS) is 15.0. The van der Waals surface area contributed by atoms with Crippen LogP contribution < -0.4 is 15.4 Å². The predicted octanol–water partition coefficient (Wildman–Crippen LogP) is 5.17. The minimum Gasteiger partial charge on any atom is -0.483 e. The highest BCUT2D eigenvalue weighted by Gasteiger charge is 2.28. The molecular weight excluding hydrogens is 532 g/mol. The van der Waals surface area contributed by atoms with Crippen LogP contribution in [-0.2, 0) is 22.4 Å². The van der Waals surface area contributed by atoms with Crippen molar-refractivity contribution in [2.75, 3.05) is 43.4 Å². The molecule has 0 spiro atoms. The molecule has 1 aromatic heterocycles. The second-order valence-electron chi connectivity index (χ2n) is 10.8. The molecule has 0 saturated carbocycles. The quantitative estimate of drug-likeness (QED) is 0.448. The first-order valence-electron chi connectivity index (χ1n) is 13.3. The standard InChI is InChI=1S/C29H33ClN6O4/c1-29(2,3)40-28(38)36-13-11-35(12-14-36)25(37)18-39-24-10-9-22-16-20(24)8-7-19-5-4-6-21(15-19)33-27-31-17-23(30)26(32-22)34-27/h4-6,9-10,15-17H,7-8,11-14,18H2,1-3H3,(H2,31,32,33,34). The van der Waals surface area contributed by atoms with Crippen LogP contribution in [0.25, 0.3) is 0 Å². The SMILES string of the molecule is CC(C)(C)OC(=O)N1CCN(C(=O)COc2ccc3cc2CCc2cccc(c2)Nc2ncc(Cl)c(n2)N3)CC1. The van der Waals surface area contributed by atoms with Crippen molar-refractivity contribution in [3.8, 4) is 5.75 Å². The van der Waals surface area contributed by atoms with E-state index in [1.54, 1.807) is 16.0 Å². The van der Waals surface area contributed by atoms with Gasteiger partial charge in [0.15, 0.2) is 12.4 Å². The zero-order chi connectivity index (χ0) is 28.3. The molecule has 10 nitrogen and oxygen atoms in total. The third-order valence-corrected chi connectivity index (χ3v) is 6.85. The average Bonchev–Trinajstić information content (AvgIpc) is 2.92. The number of aromatic nitrogens is 2. The Kier molecular flexibility index (Phi) is 7.97. The lowest BCUT2D eigenvalue weighted by Gasteiger charge is -2.35. The second-order valence-corrected chi connectivity index (χ2v) is 11.2. The van der Waals surface area contributed by atoms with Crippen LogP contribution in [-0.4, -0.2) is 70.2 Å². The molecule has 2 N–H and O–H groups in total. The van der Waals surface area contributed by atoms with E-state index < -0.39 is 5.60 Å². The molecule has 2 aromatic carbocycles. The summed E-state index contributed by atoms with van der Waals surface area (Å²) in [7, 11) is 0. The van der Waals surface area contributed by atoms with E-state index in [2.05, 4.69) is 32.7 Å². The molecule has 11 heteroatoms. The number of hydrogen-bond acceptors (Lipinski definition) is 8. The van der Waals surface area contributed by atoms with Crippen LogP contribution in [0.5, 0.6) is 5.75 Å². The number of amides is 2. The summed E-state index contributed by atoms with van der Waals surface area (Å²) in [6.45, 7) is 7.14. The minimum atomic E-state index is -0.555. The van der Waals surface area contributed by atoms with E-state index >= 15 is 0 Å². The molecular formula is C29H33ClN6O4. The molecule has 0 atom stereocenters. The fourth-order valence-electron chi connectivity index (χ4n) is 4.55. The number of anilines is 4. The number of ether oxygens (including phenoxy) is 2. The van der Waals surface area contributed by atoms with Crippen molar-refractivity contribution in [2.45, 2.75) is 39.2 Å². The maximum Gasteiger partial charge on any atom is 0.410 e. The summed E-state index contributed by atoms with van der Waals surface area (Å²) in [4.78, 5) is 37.5. The second kappa shape index (κ2) is 11.6. The van der Waals surface area contributed by atoms with Gasteiger partial charge < -0.3 is 29.9 Å². The molecule has 5 rings (SSSR count). The molecule has 3 aromatic rings. The van der Waals surface area contributed by atoms with Gasteiger partial charge in [0.25, 0.3) is 5.91 Å². The first-order valence-corrected chi connectivity index (χ1v) is 13.7. The lowest BCUT2D eigenvalue weighted by molar-refractivity contribution is -0.135. The zero-order valence-electron chi connectivity index (χ0n) is 22.9. The number of nitrogens with zero attached hydrogens (tertiary/aromatic N) is 4. The Morgan fingerprint density at radius 1 is 0.975 bits per heavy atom. The van der Waals surface area contributed by atoms with E-state index in [-0.39, 0.29) is 18.6 Å². The molecule has 6 bridgehead atoms. The van der Waals surface area contributed by atoms with Crippen LogP contribution in [0.4, 0.5) is 27.9 Å². The first kappa shape index (κ1) is 27.5. The number of piperazine rings is 1. The number of benzene rings is 2. The molecule has 1 fully saturated rings. The molecule has 0 aliphatic carbocycles. The zero-order valence-corrected chi connectivity index (χ0v) is 23.6. The monoisotopic (exact) mass is 564 g/mol. The van der Waals surface area contributed by atoms with Crippen molar-refractivity contribution in [2.24, 2.45) is 0 Å². The lowest BCUT2D eigenvalue weighted by Crippen LogP contribution is -2.52. The third-order valence-electron chi connectivity index (χ3n) is 6.57. The highest BCUT2D eigenvalue weighted by Crippen LogP contribution is 2.30. The van der Waals surface area contributed by atoms with Crippen molar-refractivity contribution in [3.63, 3.8) is 0 Å². The number of carbonyl (C=O) groups is 2. The van der Waals surface area contributed by atoms with Crippen LogP contribution in [0, 0.1) is 0 Å². The number of fused-ring (bicyclic) bond motifs is 6. The summed E-state index contributed by atoms with van der Waals surface area (Å²) in [6, 6.07) is 13.8. The highest BCUT2D eigenvalue weighted by atomic mass is 35.5. The summed E-state index contributed by atoms with van der Waals surface area (Å²) in [5.41, 5.74) is 3.22. The Hall–Kier alpha value is -4.05. The first-order chi connectivity index (χ1) is 19.1. The number of aryl methyl sites for hydroxylation is 2. The summed E-state index contributed by atoms with van der Waals surface area (Å²) in [6.07, 6.45) is 2.67. The fourth-order valence-corrected chi connectivity index (χ4v) is 4.69. The Morgan fingerprint density at radius 3 is 2.50 bits per heavy atom. The van der Waals surface area contributed by atoms with Crippen molar-refractivity contribution in [1.29, 1.82) is 0 Å². The number of nitrogens with one attached hydrogen (secondary N) is 2. The topological polar surface area (TPSA) is 109 Å². The van der Waals surface area contributed by atoms with Crippen LogP contribution in [0.3, 0.4) is 0 Å². The van der Waals surface area contributed by atoms with Gasteiger partial charge in [0.2, 0.25) is 5.95 Å². The van der Waals surface area contributed by atoms with Crippen LogP contribution in [0.15, 0.2) is 48.7 Å². The Labute approximate surface area is 238 Å². The van der Waals surface area contributed by atoms with Crippen LogP contribution in [0.2, 0.25) is 5.02 Å². The summed E-state index contributed by atoms with van der Waals surface area (Å²) < 4.78 is 11.5. The van der Waals surface area contributed by atoms with Gasteiger partial charge in [-0.25, -0.2) is 9.78 Å². The van der Waals surface area contributed by atoms with Gasteiger partial charge in [0.1, 0.15) is 16.4 Å².